The van der Waals surface area contributed by atoms with Crippen molar-refractivity contribution < 1.29 is 9.18 Å². The molecule has 0 aliphatic carbocycles. The van der Waals surface area contributed by atoms with Gasteiger partial charge in [0.2, 0.25) is 0 Å². The lowest BCUT2D eigenvalue weighted by atomic mass is 10.3. The minimum Gasteiger partial charge on any atom is -0.291 e. The Hall–Kier alpha value is -1.23. The van der Waals surface area contributed by atoms with Crippen LogP contribution in [0.3, 0.4) is 0 Å². The zero-order valence-electron chi connectivity index (χ0n) is 7.08. The maximum atomic E-state index is 13.3. The van der Waals surface area contributed by atoms with E-state index in [0.717, 1.165) is 0 Å². The van der Waals surface area contributed by atoms with E-state index in [0.29, 0.717) is 5.65 Å². The van der Waals surface area contributed by atoms with Gasteiger partial charge in [0.15, 0.2) is 11.7 Å². The van der Waals surface area contributed by atoms with Crippen LogP contribution in [-0.4, -0.2) is 20.5 Å². The Balaban J connectivity index is 2.73. The van der Waals surface area contributed by atoms with Gasteiger partial charge in [-0.05, 0) is 12.1 Å². The predicted molar refractivity (Wildman–Crippen MR) is 53.3 cm³/mol. The topological polar surface area (TPSA) is 34.4 Å². The molecule has 3 nitrogen and oxygen atoms in total. The smallest absolute Gasteiger partial charge is 0.199 e. The van der Waals surface area contributed by atoms with Gasteiger partial charge in [0.25, 0.3) is 0 Å². The third-order valence-corrected chi connectivity index (χ3v) is 2.40. The number of rotatable bonds is 2. The van der Waals surface area contributed by atoms with Crippen molar-refractivity contribution >= 4 is 27.4 Å². The van der Waals surface area contributed by atoms with Crippen LogP contribution in [0.4, 0.5) is 4.39 Å². The van der Waals surface area contributed by atoms with Crippen molar-refractivity contribution in [2.24, 2.45) is 0 Å². The lowest BCUT2D eigenvalue weighted by Gasteiger charge is -1.99. The number of hydrogen-bond donors (Lipinski definition) is 0. The van der Waals surface area contributed by atoms with Crippen LogP contribution in [0.5, 0.6) is 0 Å². The Bertz CT molecular complexity index is 495. The maximum absolute atomic E-state index is 13.3. The first-order valence-electron chi connectivity index (χ1n) is 3.95. The van der Waals surface area contributed by atoms with Crippen molar-refractivity contribution in [3.05, 3.63) is 36.0 Å². The van der Waals surface area contributed by atoms with E-state index in [-0.39, 0.29) is 16.8 Å². The molecular formula is C9H6BrFN2O. The summed E-state index contributed by atoms with van der Waals surface area (Å²) in [4.78, 5) is 15.3. The molecule has 0 spiro atoms. The van der Waals surface area contributed by atoms with Crippen LogP contribution in [0.2, 0.25) is 0 Å². The van der Waals surface area contributed by atoms with Crippen LogP contribution in [0.25, 0.3) is 5.65 Å². The van der Waals surface area contributed by atoms with Crippen LogP contribution >= 0.6 is 15.9 Å². The molecule has 0 saturated heterocycles. The molecule has 0 amide bonds. The van der Waals surface area contributed by atoms with Gasteiger partial charge in [-0.15, -0.1) is 0 Å². The number of ketones is 1. The highest BCUT2D eigenvalue weighted by molar-refractivity contribution is 9.09. The van der Waals surface area contributed by atoms with Gasteiger partial charge in [0.1, 0.15) is 11.3 Å². The van der Waals surface area contributed by atoms with E-state index >= 15 is 0 Å². The Morgan fingerprint density at radius 1 is 1.57 bits per heavy atom. The second kappa shape index (κ2) is 3.49. The molecule has 14 heavy (non-hydrogen) atoms. The Kier molecular flexibility index (Phi) is 2.33. The Labute approximate surface area is 87.7 Å². The first kappa shape index (κ1) is 9.33. The molecule has 72 valence electrons. The molecule has 2 heterocycles. The fraction of sp³-hybridized carbons (Fsp3) is 0.111. The van der Waals surface area contributed by atoms with E-state index in [2.05, 4.69) is 20.9 Å². The van der Waals surface area contributed by atoms with Gasteiger partial charge in [-0.2, -0.15) is 4.39 Å². The molecule has 0 aliphatic rings. The summed E-state index contributed by atoms with van der Waals surface area (Å²) in [7, 11) is 0. The fourth-order valence-corrected chi connectivity index (χ4v) is 1.55. The van der Waals surface area contributed by atoms with Gasteiger partial charge in [0.05, 0.1) is 11.5 Å². The average molecular weight is 257 g/mol. The number of halogens is 2. The summed E-state index contributed by atoms with van der Waals surface area (Å²) in [6, 6.07) is 4.49. The van der Waals surface area contributed by atoms with Crippen molar-refractivity contribution in [2.45, 2.75) is 0 Å². The lowest BCUT2D eigenvalue weighted by Crippen LogP contribution is -2.06. The standard InChI is InChI=1S/C9H6BrFN2O/c10-4-7(14)6-5-12-9-3-1-2-8(11)13(6)9/h1-3,5H,4H2. The SMILES string of the molecule is O=C(CBr)c1cnc2cccc(F)n12. The molecule has 0 unspecified atom stereocenters. The first-order chi connectivity index (χ1) is 6.74. The number of nitrogens with zero attached hydrogens (tertiary/aromatic N) is 2. The molecule has 0 aromatic carbocycles. The maximum Gasteiger partial charge on any atom is 0.199 e. The van der Waals surface area contributed by atoms with E-state index < -0.39 is 5.95 Å². The molecule has 2 aromatic heterocycles. The van der Waals surface area contributed by atoms with E-state index in [9.17, 15) is 9.18 Å². The summed E-state index contributed by atoms with van der Waals surface area (Å²) in [5.74, 6) is -0.674. The van der Waals surface area contributed by atoms with Gasteiger partial charge in [0, 0.05) is 0 Å². The van der Waals surface area contributed by atoms with Gasteiger partial charge < -0.3 is 0 Å². The second-order valence-electron chi connectivity index (χ2n) is 2.74. The van der Waals surface area contributed by atoms with Crippen LogP contribution < -0.4 is 0 Å². The fourth-order valence-electron chi connectivity index (χ4n) is 1.26. The molecular weight excluding hydrogens is 251 g/mol. The number of carbonyl (C=O) groups is 1. The number of alkyl halides is 1. The minimum absolute atomic E-state index is 0.162. The summed E-state index contributed by atoms with van der Waals surface area (Å²) in [5, 5.41) is 0.162. The molecule has 0 radical (unpaired) electrons. The summed E-state index contributed by atoms with van der Waals surface area (Å²) >= 11 is 3.03. The molecule has 0 N–H and O–H groups in total. The van der Waals surface area contributed by atoms with Crippen molar-refractivity contribution in [1.82, 2.24) is 9.38 Å². The van der Waals surface area contributed by atoms with Crippen molar-refractivity contribution in [1.29, 1.82) is 0 Å². The summed E-state index contributed by atoms with van der Waals surface area (Å²) in [5.41, 5.74) is 0.698. The molecule has 0 saturated carbocycles. The van der Waals surface area contributed by atoms with Gasteiger partial charge in [-0.25, -0.2) is 4.98 Å². The Morgan fingerprint density at radius 2 is 2.36 bits per heavy atom. The third-order valence-electron chi connectivity index (χ3n) is 1.89. The molecule has 0 fully saturated rings. The number of fused-ring (bicyclic) bond motifs is 1. The number of aromatic nitrogens is 2. The second-order valence-corrected chi connectivity index (χ2v) is 3.30. The predicted octanol–water partition coefficient (Wildman–Crippen LogP) is 2.05. The highest BCUT2D eigenvalue weighted by Gasteiger charge is 2.12. The lowest BCUT2D eigenvalue weighted by molar-refractivity contribution is 0.101. The zero-order chi connectivity index (χ0) is 10.1. The van der Waals surface area contributed by atoms with Crippen molar-refractivity contribution in [3.8, 4) is 0 Å². The highest BCUT2D eigenvalue weighted by atomic mass is 79.9. The van der Waals surface area contributed by atoms with E-state index in [1.165, 1.54) is 16.7 Å². The van der Waals surface area contributed by atoms with Crippen LogP contribution in [0, 0.1) is 5.95 Å². The van der Waals surface area contributed by atoms with E-state index in [4.69, 9.17) is 0 Å². The molecule has 5 heteroatoms. The number of imidazole rings is 1. The third kappa shape index (κ3) is 1.33. The largest absolute Gasteiger partial charge is 0.291 e. The summed E-state index contributed by atoms with van der Waals surface area (Å²) in [6.45, 7) is 0. The van der Waals surface area contributed by atoms with Crippen LogP contribution in [-0.2, 0) is 0 Å². The molecule has 2 aromatic rings. The Morgan fingerprint density at radius 3 is 3.07 bits per heavy atom. The summed E-state index contributed by atoms with van der Waals surface area (Å²) < 4.78 is 14.5. The molecule has 0 bridgehead atoms. The van der Waals surface area contributed by atoms with Crippen LogP contribution in [0.15, 0.2) is 24.4 Å². The zero-order valence-corrected chi connectivity index (χ0v) is 8.66. The monoisotopic (exact) mass is 256 g/mol. The van der Waals surface area contributed by atoms with Crippen molar-refractivity contribution in [3.63, 3.8) is 0 Å². The highest BCUT2D eigenvalue weighted by Crippen LogP contribution is 2.10. The van der Waals surface area contributed by atoms with Gasteiger partial charge >= 0.3 is 0 Å². The number of Topliss-reactive ketones (excluding diaryl/α,β-unsaturated/α-hetero) is 1. The first-order valence-corrected chi connectivity index (χ1v) is 5.07. The molecule has 0 aliphatic heterocycles. The van der Waals surface area contributed by atoms with E-state index in [1.54, 1.807) is 12.1 Å². The van der Waals surface area contributed by atoms with Crippen molar-refractivity contribution in [2.75, 3.05) is 5.33 Å². The van der Waals surface area contributed by atoms with Gasteiger partial charge in [-0.3, -0.25) is 9.20 Å². The number of pyridine rings is 1. The van der Waals surface area contributed by atoms with Crippen LogP contribution in [0.1, 0.15) is 10.5 Å². The normalized spacial score (nSPS) is 10.7. The molecule has 0 atom stereocenters. The number of carbonyl (C=O) groups excluding carboxylic acids is 1. The van der Waals surface area contributed by atoms with Gasteiger partial charge in [-0.1, -0.05) is 22.0 Å². The molecule has 2 rings (SSSR count). The quantitative estimate of drug-likeness (QED) is 0.468. The van der Waals surface area contributed by atoms with E-state index in [1.807, 2.05) is 0 Å². The summed E-state index contributed by atoms with van der Waals surface area (Å²) in [6.07, 6.45) is 1.38. The number of hydrogen-bond acceptors (Lipinski definition) is 2. The average Bonchev–Trinajstić information content (AvgIpc) is 2.62. The minimum atomic E-state index is -0.482.